The maximum atomic E-state index is 13.0. The van der Waals surface area contributed by atoms with E-state index in [1.807, 2.05) is 6.92 Å². The quantitative estimate of drug-likeness (QED) is 0.619. The van der Waals surface area contributed by atoms with Gasteiger partial charge < -0.3 is 4.74 Å². The van der Waals surface area contributed by atoms with Crippen molar-refractivity contribution in [2.75, 3.05) is 7.11 Å². The lowest BCUT2D eigenvalue weighted by Crippen LogP contribution is -2.38. The smallest absolute Gasteiger partial charge is 0.379 e. The fraction of sp³-hybridized carbons (Fsp3) is 0.583. The Labute approximate surface area is 110 Å². The van der Waals surface area contributed by atoms with Crippen LogP contribution in [0.15, 0.2) is 18.5 Å². The van der Waals surface area contributed by atoms with Crippen molar-refractivity contribution >= 4 is 0 Å². The summed E-state index contributed by atoms with van der Waals surface area (Å²) in [4.78, 5) is 3.75. The molecule has 1 aromatic rings. The molecule has 108 valence electrons. The van der Waals surface area contributed by atoms with Crippen molar-refractivity contribution in [1.29, 1.82) is 0 Å². The van der Waals surface area contributed by atoms with E-state index in [1.165, 1.54) is 13.3 Å². The fourth-order valence-electron chi connectivity index (χ4n) is 2.02. The van der Waals surface area contributed by atoms with E-state index in [9.17, 15) is 13.2 Å². The van der Waals surface area contributed by atoms with E-state index >= 15 is 0 Å². The van der Waals surface area contributed by atoms with Gasteiger partial charge in [0.15, 0.2) is 0 Å². The Bertz CT molecular complexity index is 398. The number of hydrazine groups is 1. The van der Waals surface area contributed by atoms with Crippen molar-refractivity contribution in [2.24, 2.45) is 5.84 Å². The molecular weight excluding hydrogens is 259 g/mol. The minimum Gasteiger partial charge on any atom is -0.379 e. The maximum Gasteiger partial charge on any atom is 0.416 e. The maximum absolute atomic E-state index is 13.0. The number of hydrogen-bond acceptors (Lipinski definition) is 4. The zero-order valence-electron chi connectivity index (χ0n) is 10.9. The normalized spacial score (nSPS) is 15.3. The molecule has 0 aliphatic rings. The molecule has 0 aliphatic heterocycles. The van der Waals surface area contributed by atoms with Gasteiger partial charge in [0, 0.05) is 25.1 Å². The standard InChI is InChI=1S/C12H18F3N3O/c1-3-4-10(19-2)11(18-16)8-7-17-6-5-9(8)12(13,14)15/h5-7,10-11,18H,3-4,16H2,1-2H3. The summed E-state index contributed by atoms with van der Waals surface area (Å²) in [5.74, 6) is 5.40. The van der Waals surface area contributed by atoms with Crippen LogP contribution in [0.4, 0.5) is 13.2 Å². The summed E-state index contributed by atoms with van der Waals surface area (Å²) >= 11 is 0. The molecule has 1 rings (SSSR count). The van der Waals surface area contributed by atoms with Gasteiger partial charge in [-0.05, 0) is 12.5 Å². The first kappa shape index (κ1) is 15.9. The highest BCUT2D eigenvalue weighted by Crippen LogP contribution is 2.35. The Balaban J connectivity index is 3.17. The molecule has 3 N–H and O–H groups in total. The molecule has 0 aromatic carbocycles. The van der Waals surface area contributed by atoms with Crippen LogP contribution < -0.4 is 11.3 Å². The highest BCUT2D eigenvalue weighted by molar-refractivity contribution is 5.30. The third-order valence-electron chi connectivity index (χ3n) is 2.92. The van der Waals surface area contributed by atoms with Crippen LogP contribution in [-0.4, -0.2) is 18.2 Å². The van der Waals surface area contributed by atoms with Gasteiger partial charge in [-0.3, -0.25) is 16.3 Å². The van der Waals surface area contributed by atoms with Gasteiger partial charge in [-0.25, -0.2) is 0 Å². The van der Waals surface area contributed by atoms with Gasteiger partial charge >= 0.3 is 6.18 Å². The van der Waals surface area contributed by atoms with Crippen LogP contribution in [0.2, 0.25) is 0 Å². The number of pyridine rings is 1. The number of aromatic nitrogens is 1. The van der Waals surface area contributed by atoms with Gasteiger partial charge in [-0.2, -0.15) is 13.2 Å². The van der Waals surface area contributed by atoms with Crippen molar-refractivity contribution in [2.45, 2.75) is 38.1 Å². The molecule has 0 aliphatic carbocycles. The number of nitrogens with one attached hydrogen (secondary N) is 1. The van der Waals surface area contributed by atoms with Crippen molar-refractivity contribution in [3.8, 4) is 0 Å². The van der Waals surface area contributed by atoms with Crippen LogP contribution in [0.1, 0.15) is 36.9 Å². The number of ether oxygens (including phenoxy) is 1. The first-order valence-electron chi connectivity index (χ1n) is 5.95. The molecule has 19 heavy (non-hydrogen) atoms. The Kier molecular flexibility index (Phi) is 5.71. The van der Waals surface area contributed by atoms with Crippen molar-refractivity contribution in [1.82, 2.24) is 10.4 Å². The second kappa shape index (κ2) is 6.83. The summed E-state index contributed by atoms with van der Waals surface area (Å²) < 4.78 is 44.1. The zero-order valence-corrected chi connectivity index (χ0v) is 10.9. The largest absolute Gasteiger partial charge is 0.416 e. The van der Waals surface area contributed by atoms with Crippen LogP contribution in [0, 0.1) is 0 Å². The predicted octanol–water partition coefficient (Wildman–Crippen LogP) is 2.42. The topological polar surface area (TPSA) is 60.2 Å². The molecule has 1 aromatic heterocycles. The SMILES string of the molecule is CCCC(OC)C(NN)c1cnccc1C(F)(F)F. The third kappa shape index (κ3) is 3.89. The minimum absolute atomic E-state index is 0.00204. The zero-order chi connectivity index (χ0) is 14.5. The second-order valence-electron chi connectivity index (χ2n) is 4.17. The number of rotatable bonds is 6. The monoisotopic (exact) mass is 277 g/mol. The van der Waals surface area contributed by atoms with Crippen molar-refractivity contribution in [3.63, 3.8) is 0 Å². The van der Waals surface area contributed by atoms with Crippen molar-refractivity contribution < 1.29 is 17.9 Å². The number of halogens is 3. The van der Waals surface area contributed by atoms with Gasteiger partial charge in [-0.1, -0.05) is 13.3 Å². The molecule has 0 bridgehead atoms. The highest BCUT2D eigenvalue weighted by Gasteiger charge is 2.36. The van der Waals surface area contributed by atoms with Gasteiger partial charge in [-0.15, -0.1) is 0 Å². The minimum atomic E-state index is -4.45. The summed E-state index contributed by atoms with van der Waals surface area (Å²) in [5, 5.41) is 0. The van der Waals surface area contributed by atoms with E-state index < -0.39 is 23.9 Å². The summed E-state index contributed by atoms with van der Waals surface area (Å²) in [6.45, 7) is 1.92. The molecule has 0 fully saturated rings. The Hall–Kier alpha value is -1.18. The molecule has 7 heteroatoms. The van der Waals surface area contributed by atoms with E-state index in [0.717, 1.165) is 18.7 Å². The van der Waals surface area contributed by atoms with Crippen molar-refractivity contribution in [3.05, 3.63) is 29.6 Å². The van der Waals surface area contributed by atoms with Gasteiger partial charge in [0.1, 0.15) is 0 Å². The van der Waals surface area contributed by atoms with E-state index in [4.69, 9.17) is 10.6 Å². The van der Waals surface area contributed by atoms with E-state index in [0.29, 0.717) is 6.42 Å². The van der Waals surface area contributed by atoms with Crippen LogP contribution in [0.3, 0.4) is 0 Å². The molecule has 0 spiro atoms. The number of methoxy groups -OCH3 is 1. The molecule has 4 nitrogen and oxygen atoms in total. The molecule has 2 atom stereocenters. The third-order valence-corrected chi connectivity index (χ3v) is 2.92. The average Bonchev–Trinajstić information content (AvgIpc) is 2.38. The molecule has 2 unspecified atom stereocenters. The molecule has 0 amide bonds. The van der Waals surface area contributed by atoms with E-state index in [2.05, 4.69) is 10.4 Å². The molecule has 0 radical (unpaired) electrons. The summed E-state index contributed by atoms with van der Waals surface area (Å²) in [6.07, 6.45) is -1.23. The van der Waals surface area contributed by atoms with Crippen LogP contribution in [-0.2, 0) is 10.9 Å². The van der Waals surface area contributed by atoms with Gasteiger partial charge in [0.25, 0.3) is 0 Å². The van der Waals surface area contributed by atoms with Gasteiger partial charge in [0.2, 0.25) is 0 Å². The lowest BCUT2D eigenvalue weighted by molar-refractivity contribution is -0.138. The molecule has 1 heterocycles. The summed E-state index contributed by atoms with van der Waals surface area (Å²) in [7, 11) is 1.45. The molecule has 0 saturated carbocycles. The van der Waals surface area contributed by atoms with Crippen LogP contribution in [0.5, 0.6) is 0 Å². The summed E-state index contributed by atoms with van der Waals surface area (Å²) in [6, 6.07) is 0.188. The number of hydrogen-bond donors (Lipinski definition) is 2. The number of alkyl halides is 3. The molecule has 0 saturated heterocycles. The lowest BCUT2D eigenvalue weighted by Gasteiger charge is -2.27. The first-order valence-corrected chi connectivity index (χ1v) is 5.95. The Morgan fingerprint density at radius 2 is 2.16 bits per heavy atom. The first-order chi connectivity index (χ1) is 8.95. The Morgan fingerprint density at radius 1 is 1.47 bits per heavy atom. The van der Waals surface area contributed by atoms with Crippen LogP contribution >= 0.6 is 0 Å². The van der Waals surface area contributed by atoms with Crippen LogP contribution in [0.25, 0.3) is 0 Å². The lowest BCUT2D eigenvalue weighted by atomic mass is 9.96. The second-order valence-corrected chi connectivity index (χ2v) is 4.17. The van der Waals surface area contributed by atoms with Gasteiger partial charge in [0.05, 0.1) is 17.7 Å². The highest BCUT2D eigenvalue weighted by atomic mass is 19.4. The fourth-order valence-corrected chi connectivity index (χ4v) is 2.02. The van der Waals surface area contributed by atoms with E-state index in [1.54, 1.807) is 0 Å². The number of nitrogens with two attached hydrogens (primary N) is 1. The molecular formula is C12H18F3N3O. The summed E-state index contributed by atoms with van der Waals surface area (Å²) in [5.41, 5.74) is 1.65. The average molecular weight is 277 g/mol. The Morgan fingerprint density at radius 3 is 2.63 bits per heavy atom. The predicted molar refractivity (Wildman–Crippen MR) is 65.0 cm³/mol. The van der Waals surface area contributed by atoms with E-state index in [-0.39, 0.29) is 5.56 Å². The number of nitrogens with zero attached hydrogens (tertiary/aromatic N) is 1.